The molecule has 0 aliphatic carbocycles. The number of halogens is 2. The predicted octanol–water partition coefficient (Wildman–Crippen LogP) is 2.52. The number of benzene rings is 1. The maximum absolute atomic E-state index is 12.3. The molecular formula is C15H22Cl2N2O2S. The lowest BCUT2D eigenvalue weighted by Gasteiger charge is -2.31. The van der Waals surface area contributed by atoms with Gasteiger partial charge >= 0.3 is 0 Å². The number of sulfone groups is 1. The predicted molar refractivity (Wildman–Crippen MR) is 91.7 cm³/mol. The zero-order chi connectivity index (χ0) is 15.0. The lowest BCUT2D eigenvalue weighted by atomic mass is 9.98. The molecule has 124 valence electrons. The second-order valence-corrected chi connectivity index (χ2v) is 8.57. The second-order valence-electron chi connectivity index (χ2n) is 6.13. The van der Waals surface area contributed by atoms with E-state index in [-0.39, 0.29) is 24.2 Å². The lowest BCUT2D eigenvalue weighted by molar-refractivity contribution is 0.202. The maximum atomic E-state index is 12.3. The normalized spacial score (nSPS) is 26.5. The minimum Gasteiger partial charge on any atom is -0.316 e. The van der Waals surface area contributed by atoms with Crippen LogP contribution in [0.25, 0.3) is 0 Å². The van der Waals surface area contributed by atoms with Crippen molar-refractivity contribution in [2.24, 2.45) is 5.92 Å². The highest BCUT2D eigenvalue weighted by molar-refractivity contribution is 7.91. The molecule has 1 fully saturated rings. The van der Waals surface area contributed by atoms with Crippen LogP contribution in [0, 0.1) is 5.92 Å². The second kappa shape index (κ2) is 7.05. The van der Waals surface area contributed by atoms with Gasteiger partial charge in [-0.25, -0.2) is 8.42 Å². The Kier molecular flexibility index (Phi) is 5.78. The molecule has 1 saturated heterocycles. The summed E-state index contributed by atoms with van der Waals surface area (Å²) in [5.74, 6) is 0.758. The van der Waals surface area contributed by atoms with Crippen LogP contribution in [0.3, 0.4) is 0 Å². The van der Waals surface area contributed by atoms with E-state index in [4.69, 9.17) is 11.6 Å². The summed E-state index contributed by atoms with van der Waals surface area (Å²) in [7, 11) is -1.15. The maximum Gasteiger partial charge on any atom is 0.180 e. The molecule has 0 saturated carbocycles. The van der Waals surface area contributed by atoms with E-state index in [0.29, 0.717) is 15.8 Å². The van der Waals surface area contributed by atoms with Crippen LogP contribution < -0.4 is 5.32 Å². The Morgan fingerprint density at radius 2 is 2.18 bits per heavy atom. The number of rotatable bonds is 3. The summed E-state index contributed by atoms with van der Waals surface area (Å²) < 4.78 is 24.6. The van der Waals surface area contributed by atoms with Crippen LogP contribution in [0.4, 0.5) is 0 Å². The summed E-state index contributed by atoms with van der Waals surface area (Å²) >= 11 is 6.06. The molecule has 3 rings (SSSR count). The first kappa shape index (κ1) is 18.0. The van der Waals surface area contributed by atoms with Crippen LogP contribution >= 0.6 is 24.0 Å². The molecule has 4 nitrogen and oxygen atoms in total. The molecule has 2 unspecified atom stereocenters. The largest absolute Gasteiger partial charge is 0.316 e. The van der Waals surface area contributed by atoms with Crippen molar-refractivity contribution in [2.75, 3.05) is 32.4 Å². The van der Waals surface area contributed by atoms with E-state index in [1.54, 1.807) is 12.1 Å². The van der Waals surface area contributed by atoms with Gasteiger partial charge in [0.2, 0.25) is 0 Å². The number of nitrogens with one attached hydrogen (secondary N) is 1. The third kappa shape index (κ3) is 3.60. The topological polar surface area (TPSA) is 49.4 Å². The van der Waals surface area contributed by atoms with Crippen LogP contribution in [0.5, 0.6) is 0 Å². The number of piperidine rings is 1. The van der Waals surface area contributed by atoms with Gasteiger partial charge in [-0.1, -0.05) is 11.6 Å². The highest BCUT2D eigenvalue weighted by Gasteiger charge is 2.37. The van der Waals surface area contributed by atoms with Gasteiger partial charge in [-0.3, -0.25) is 4.90 Å². The van der Waals surface area contributed by atoms with Gasteiger partial charge in [0, 0.05) is 11.6 Å². The van der Waals surface area contributed by atoms with E-state index < -0.39 is 9.84 Å². The van der Waals surface area contributed by atoms with Crippen molar-refractivity contribution >= 4 is 33.8 Å². The summed E-state index contributed by atoms with van der Waals surface area (Å²) in [5.41, 5.74) is 0.855. The Balaban J connectivity index is 0.00000176. The molecule has 0 spiro atoms. The zero-order valence-corrected chi connectivity index (χ0v) is 15.0. The molecule has 2 heterocycles. The molecular weight excluding hydrogens is 343 g/mol. The minimum absolute atomic E-state index is 0. The van der Waals surface area contributed by atoms with Crippen molar-refractivity contribution in [3.8, 4) is 0 Å². The highest BCUT2D eigenvalue weighted by atomic mass is 35.5. The van der Waals surface area contributed by atoms with Gasteiger partial charge in [0.05, 0.1) is 16.7 Å². The number of fused-ring (bicyclic) bond motifs is 1. The Morgan fingerprint density at radius 3 is 2.86 bits per heavy atom. The molecule has 2 aliphatic heterocycles. The molecule has 22 heavy (non-hydrogen) atoms. The molecule has 0 amide bonds. The van der Waals surface area contributed by atoms with E-state index >= 15 is 0 Å². The Morgan fingerprint density at radius 1 is 1.41 bits per heavy atom. The Labute approximate surface area is 143 Å². The van der Waals surface area contributed by atoms with Crippen molar-refractivity contribution in [1.82, 2.24) is 10.2 Å². The molecule has 2 aliphatic rings. The van der Waals surface area contributed by atoms with Crippen LogP contribution in [0.1, 0.15) is 24.4 Å². The van der Waals surface area contributed by atoms with Crippen molar-refractivity contribution < 1.29 is 8.42 Å². The molecule has 1 N–H and O–H groups in total. The van der Waals surface area contributed by atoms with Crippen molar-refractivity contribution in [3.05, 3.63) is 28.8 Å². The quantitative estimate of drug-likeness (QED) is 0.894. The minimum atomic E-state index is -3.17. The average molecular weight is 365 g/mol. The van der Waals surface area contributed by atoms with Gasteiger partial charge in [-0.05, 0) is 62.7 Å². The molecule has 7 heteroatoms. The number of hydrogen-bond donors (Lipinski definition) is 1. The van der Waals surface area contributed by atoms with E-state index in [1.165, 1.54) is 12.8 Å². The van der Waals surface area contributed by atoms with Crippen molar-refractivity contribution in [2.45, 2.75) is 23.8 Å². The zero-order valence-electron chi connectivity index (χ0n) is 12.6. The first-order valence-electron chi connectivity index (χ1n) is 7.40. The number of hydrogen-bond acceptors (Lipinski definition) is 4. The van der Waals surface area contributed by atoms with Gasteiger partial charge in [-0.15, -0.1) is 12.4 Å². The molecule has 0 radical (unpaired) electrons. The van der Waals surface area contributed by atoms with E-state index in [0.717, 1.165) is 25.2 Å². The van der Waals surface area contributed by atoms with E-state index in [2.05, 4.69) is 10.2 Å². The summed E-state index contributed by atoms with van der Waals surface area (Å²) in [6.45, 7) is 3.03. The summed E-state index contributed by atoms with van der Waals surface area (Å²) in [5, 5.41) is 4.01. The fourth-order valence-corrected chi connectivity index (χ4v) is 5.47. The molecule has 2 atom stereocenters. The lowest BCUT2D eigenvalue weighted by Crippen LogP contribution is -2.38. The van der Waals surface area contributed by atoms with E-state index in [9.17, 15) is 8.42 Å². The Hall–Kier alpha value is -0.330. The highest BCUT2D eigenvalue weighted by Crippen LogP contribution is 2.38. The molecule has 1 aromatic carbocycles. The van der Waals surface area contributed by atoms with Gasteiger partial charge in [-0.2, -0.15) is 0 Å². The van der Waals surface area contributed by atoms with Crippen molar-refractivity contribution in [1.29, 1.82) is 0 Å². The average Bonchev–Trinajstić information content (AvgIpc) is 2.71. The van der Waals surface area contributed by atoms with E-state index in [1.807, 2.05) is 13.1 Å². The fourth-order valence-electron chi connectivity index (χ4n) is 3.43. The van der Waals surface area contributed by atoms with Gasteiger partial charge in [0.1, 0.15) is 0 Å². The van der Waals surface area contributed by atoms with Crippen molar-refractivity contribution in [3.63, 3.8) is 0 Å². The van der Waals surface area contributed by atoms with Crippen LogP contribution in [0.2, 0.25) is 5.02 Å². The number of nitrogens with zero attached hydrogens (tertiary/aromatic N) is 1. The Bertz CT molecular complexity index is 630. The summed E-state index contributed by atoms with van der Waals surface area (Å²) in [6, 6.07) is 5.03. The summed E-state index contributed by atoms with van der Waals surface area (Å²) in [6.07, 6.45) is 2.41. The van der Waals surface area contributed by atoms with Gasteiger partial charge < -0.3 is 5.32 Å². The summed E-state index contributed by atoms with van der Waals surface area (Å²) in [4.78, 5) is 2.63. The molecule has 0 bridgehead atoms. The fraction of sp³-hybridized carbons (Fsp3) is 0.600. The monoisotopic (exact) mass is 364 g/mol. The third-order valence-corrected chi connectivity index (χ3v) is 6.55. The molecule has 0 aromatic heterocycles. The van der Waals surface area contributed by atoms with Crippen LogP contribution in [-0.2, 0) is 9.84 Å². The SMILES string of the molecule is CN(CC1CCCNC1)C1CS(=O)(=O)c2ccc(Cl)cc21.Cl. The first-order valence-corrected chi connectivity index (χ1v) is 9.43. The van der Waals surface area contributed by atoms with Crippen LogP contribution in [-0.4, -0.2) is 45.8 Å². The van der Waals surface area contributed by atoms with Crippen LogP contribution in [0.15, 0.2) is 23.1 Å². The van der Waals surface area contributed by atoms with Gasteiger partial charge in [0.15, 0.2) is 9.84 Å². The van der Waals surface area contributed by atoms with Gasteiger partial charge in [0.25, 0.3) is 0 Å². The standard InChI is InChI=1S/C15H21ClN2O2S.ClH/c1-18(9-11-3-2-6-17-8-11)14-10-21(19,20)15-5-4-12(16)7-13(14)15;/h4-5,7,11,14,17H,2-3,6,8-10H2,1H3;1H. The first-order chi connectivity index (χ1) is 9.97. The molecule has 1 aromatic rings. The smallest absolute Gasteiger partial charge is 0.180 e. The third-order valence-electron chi connectivity index (χ3n) is 4.52.